The van der Waals surface area contributed by atoms with E-state index in [0.717, 1.165) is 4.90 Å². The number of fused-ring (bicyclic) bond motifs is 1. The molecule has 0 unspecified atom stereocenters. The molecule has 1 aromatic rings. The zero-order chi connectivity index (χ0) is 25.8. The number of carboxylic acid groups (broad SMARTS) is 2. The van der Waals surface area contributed by atoms with Gasteiger partial charge in [0.25, 0.3) is 0 Å². The van der Waals surface area contributed by atoms with E-state index < -0.39 is 63.3 Å². The van der Waals surface area contributed by atoms with Crippen LogP contribution in [0.25, 0.3) is 0 Å². The Morgan fingerprint density at radius 1 is 0.909 bits per heavy atom. The van der Waals surface area contributed by atoms with Gasteiger partial charge in [-0.05, 0) is 29.7 Å². The number of hydrogen-bond acceptors (Lipinski definition) is 5. The fourth-order valence-corrected chi connectivity index (χ4v) is 3.60. The highest BCUT2D eigenvalue weighted by Crippen LogP contribution is 2.55. The number of alkyl halides is 9. The van der Waals surface area contributed by atoms with E-state index in [0.29, 0.717) is 12.1 Å². The molecule has 1 amide bonds. The number of amides is 1. The van der Waals surface area contributed by atoms with Crippen molar-refractivity contribution in [3.63, 3.8) is 0 Å². The summed E-state index contributed by atoms with van der Waals surface area (Å²) in [6, 6.07) is 0.990. The van der Waals surface area contributed by atoms with E-state index in [1.165, 1.54) is 0 Å². The Labute approximate surface area is 177 Å². The number of hydrogen-bond donors (Lipinski definition) is 2. The summed E-state index contributed by atoms with van der Waals surface area (Å²) in [6.45, 7) is -0.711. The average Bonchev–Trinajstić information content (AvgIpc) is 2.65. The molecule has 186 valence electrons. The second-order valence-corrected chi connectivity index (χ2v) is 8.16. The molecule has 33 heavy (non-hydrogen) atoms. The quantitative estimate of drug-likeness (QED) is 0.436. The standard InChI is InChI=1S/C15H10F9NO7S/c16-12(17,14(20,21)22)13(18,19)15(23,24)33(30,31)32-9-4-6-1-2-25(11(28)29)5-7(6)3-8(9)10(26)27/h3-4H,1-2,5H2,(H,26,27)(H,28,29). The van der Waals surface area contributed by atoms with Gasteiger partial charge in [0.1, 0.15) is 5.56 Å². The molecule has 1 heterocycles. The molecule has 0 saturated heterocycles. The lowest BCUT2D eigenvalue weighted by Crippen LogP contribution is -2.63. The SMILES string of the molecule is O=C(O)c1cc2c(cc1OS(=O)(=O)C(F)(F)C(F)(F)C(F)(F)C(F)(F)F)CCN(C(=O)O)C2. The normalized spacial score (nSPS) is 15.7. The number of benzene rings is 1. The summed E-state index contributed by atoms with van der Waals surface area (Å²) in [4.78, 5) is 23.1. The highest BCUT2D eigenvalue weighted by atomic mass is 32.2. The minimum absolute atomic E-state index is 0.0773. The van der Waals surface area contributed by atoms with Crippen LogP contribution in [0.3, 0.4) is 0 Å². The summed E-state index contributed by atoms with van der Waals surface area (Å²) in [5, 5.41) is 10.9. The average molecular weight is 519 g/mol. The highest BCUT2D eigenvalue weighted by Gasteiger charge is 2.86. The van der Waals surface area contributed by atoms with Crippen LogP contribution < -0.4 is 4.18 Å². The number of carboxylic acids is 1. The number of rotatable bonds is 6. The van der Waals surface area contributed by atoms with E-state index >= 15 is 0 Å². The smallest absolute Gasteiger partial charge is 0.460 e. The third kappa shape index (κ3) is 4.22. The molecular formula is C15H10F9NO7S. The molecule has 0 atom stereocenters. The van der Waals surface area contributed by atoms with Crippen molar-refractivity contribution in [2.75, 3.05) is 6.54 Å². The third-order valence-electron chi connectivity index (χ3n) is 4.44. The summed E-state index contributed by atoms with van der Waals surface area (Å²) in [5.41, 5.74) is -1.46. The van der Waals surface area contributed by atoms with Crippen LogP contribution in [0.4, 0.5) is 44.3 Å². The maximum Gasteiger partial charge on any atom is 0.460 e. The topological polar surface area (TPSA) is 121 Å². The van der Waals surface area contributed by atoms with Crippen LogP contribution >= 0.6 is 0 Å². The van der Waals surface area contributed by atoms with Gasteiger partial charge in [0.15, 0.2) is 5.75 Å². The molecule has 8 nitrogen and oxygen atoms in total. The lowest BCUT2D eigenvalue weighted by atomic mass is 9.97. The number of nitrogens with zero attached hydrogens (tertiary/aromatic N) is 1. The first-order valence-electron chi connectivity index (χ1n) is 8.18. The Balaban J connectivity index is 2.55. The molecular weight excluding hydrogens is 509 g/mol. The molecule has 0 saturated carbocycles. The van der Waals surface area contributed by atoms with Gasteiger partial charge in [-0.15, -0.1) is 0 Å². The van der Waals surface area contributed by atoms with Crippen molar-refractivity contribution in [1.82, 2.24) is 4.90 Å². The number of carbonyl (C=O) groups is 2. The monoisotopic (exact) mass is 519 g/mol. The van der Waals surface area contributed by atoms with Gasteiger partial charge < -0.3 is 19.3 Å². The first-order chi connectivity index (χ1) is 14.7. The molecule has 2 N–H and O–H groups in total. The molecule has 0 spiro atoms. The second-order valence-electron chi connectivity index (χ2n) is 6.58. The van der Waals surface area contributed by atoms with Gasteiger partial charge in [0.05, 0.1) is 0 Å². The number of aromatic carboxylic acids is 1. The minimum Gasteiger partial charge on any atom is -0.478 e. The summed E-state index contributed by atoms with van der Waals surface area (Å²) in [7, 11) is -7.35. The van der Waals surface area contributed by atoms with Crippen molar-refractivity contribution in [2.24, 2.45) is 0 Å². The lowest BCUT2D eigenvalue weighted by molar-refractivity contribution is -0.382. The second kappa shape index (κ2) is 7.84. The Morgan fingerprint density at radius 2 is 1.45 bits per heavy atom. The van der Waals surface area contributed by atoms with Crippen LogP contribution in [0.15, 0.2) is 12.1 Å². The van der Waals surface area contributed by atoms with Crippen LogP contribution in [0.1, 0.15) is 21.5 Å². The Hall–Kier alpha value is -2.92. The number of halogens is 9. The maximum atomic E-state index is 13.8. The largest absolute Gasteiger partial charge is 0.478 e. The fraction of sp³-hybridized carbons (Fsp3) is 0.467. The third-order valence-corrected chi connectivity index (χ3v) is 5.73. The summed E-state index contributed by atoms with van der Waals surface area (Å²) >= 11 is 0. The summed E-state index contributed by atoms with van der Waals surface area (Å²) < 4.78 is 144. The van der Waals surface area contributed by atoms with Crippen LogP contribution in [-0.4, -0.2) is 65.4 Å². The molecule has 1 aliphatic rings. The molecule has 0 radical (unpaired) electrons. The molecule has 0 fully saturated rings. The zero-order valence-electron chi connectivity index (χ0n) is 15.5. The molecule has 1 aromatic carbocycles. The van der Waals surface area contributed by atoms with E-state index in [2.05, 4.69) is 4.18 Å². The predicted molar refractivity (Wildman–Crippen MR) is 86.0 cm³/mol. The van der Waals surface area contributed by atoms with E-state index in [4.69, 9.17) is 10.2 Å². The minimum atomic E-state index is -7.56. The van der Waals surface area contributed by atoms with Gasteiger partial charge in [-0.2, -0.15) is 47.9 Å². The molecule has 1 aliphatic heterocycles. The van der Waals surface area contributed by atoms with Gasteiger partial charge in [-0.3, -0.25) is 0 Å². The highest BCUT2D eigenvalue weighted by molar-refractivity contribution is 7.88. The molecule has 0 aromatic heterocycles. The first-order valence-corrected chi connectivity index (χ1v) is 9.59. The van der Waals surface area contributed by atoms with Crippen molar-refractivity contribution in [1.29, 1.82) is 0 Å². The zero-order valence-corrected chi connectivity index (χ0v) is 16.3. The Bertz CT molecular complexity index is 1090. The van der Waals surface area contributed by atoms with Crippen LogP contribution in [0.2, 0.25) is 0 Å². The van der Waals surface area contributed by atoms with Gasteiger partial charge in [-0.1, -0.05) is 0 Å². The van der Waals surface area contributed by atoms with Crippen LogP contribution in [-0.2, 0) is 23.1 Å². The van der Waals surface area contributed by atoms with Crippen molar-refractivity contribution >= 4 is 22.2 Å². The summed E-state index contributed by atoms with van der Waals surface area (Å²) in [5.74, 6) is -18.8. The van der Waals surface area contributed by atoms with Crippen LogP contribution in [0.5, 0.6) is 5.75 Å². The molecule has 18 heteroatoms. The van der Waals surface area contributed by atoms with E-state index in [9.17, 15) is 57.5 Å². The fourth-order valence-electron chi connectivity index (χ4n) is 2.67. The van der Waals surface area contributed by atoms with E-state index in [1.54, 1.807) is 0 Å². The lowest BCUT2D eigenvalue weighted by Gasteiger charge is -2.32. The van der Waals surface area contributed by atoms with Crippen molar-refractivity contribution in [2.45, 2.75) is 36.2 Å². The molecule has 0 bridgehead atoms. The maximum absolute atomic E-state index is 13.8. The van der Waals surface area contributed by atoms with Crippen molar-refractivity contribution in [3.05, 3.63) is 28.8 Å². The van der Waals surface area contributed by atoms with Gasteiger partial charge >= 0.3 is 45.5 Å². The van der Waals surface area contributed by atoms with E-state index in [1.807, 2.05) is 0 Å². The molecule has 0 aliphatic carbocycles. The Kier molecular flexibility index (Phi) is 6.26. The summed E-state index contributed by atoms with van der Waals surface area (Å²) in [6.07, 6.45) is -8.99. The van der Waals surface area contributed by atoms with E-state index in [-0.39, 0.29) is 24.1 Å². The van der Waals surface area contributed by atoms with Gasteiger partial charge in [-0.25, -0.2) is 9.59 Å². The van der Waals surface area contributed by atoms with Gasteiger partial charge in [0, 0.05) is 13.1 Å². The first kappa shape index (κ1) is 26.3. The van der Waals surface area contributed by atoms with Crippen molar-refractivity contribution in [3.8, 4) is 5.75 Å². The van der Waals surface area contributed by atoms with Gasteiger partial charge in [0.2, 0.25) is 0 Å². The Morgan fingerprint density at radius 3 is 1.91 bits per heavy atom. The van der Waals surface area contributed by atoms with Crippen molar-refractivity contribution < 1.29 is 71.9 Å². The van der Waals surface area contributed by atoms with Crippen LogP contribution in [0, 0.1) is 0 Å². The molecule has 2 rings (SSSR count). The predicted octanol–water partition coefficient (Wildman–Crippen LogP) is 3.56.